The molecule has 0 spiro atoms. The third-order valence-electron chi connectivity index (χ3n) is 6.02. The molecule has 1 aromatic carbocycles. The number of pyridine rings is 2. The second kappa shape index (κ2) is 10.4. The molecule has 3 unspecified atom stereocenters. The van der Waals surface area contributed by atoms with E-state index >= 15 is 0 Å². The van der Waals surface area contributed by atoms with Crippen LogP contribution in [0.2, 0.25) is 5.15 Å². The second-order valence-corrected chi connectivity index (χ2v) is 8.81. The first-order valence-corrected chi connectivity index (χ1v) is 11.3. The summed E-state index contributed by atoms with van der Waals surface area (Å²) in [6.07, 6.45) is 4.96. The number of aromatic nitrogens is 2. The van der Waals surface area contributed by atoms with Crippen molar-refractivity contribution < 1.29 is 14.3 Å². The lowest BCUT2D eigenvalue weighted by Gasteiger charge is -2.20. The Balaban J connectivity index is 1.32. The fourth-order valence-electron chi connectivity index (χ4n) is 4.21. The van der Waals surface area contributed by atoms with Crippen molar-refractivity contribution >= 4 is 17.5 Å². The van der Waals surface area contributed by atoms with Gasteiger partial charge in [-0.05, 0) is 49.1 Å². The predicted octanol–water partition coefficient (Wildman–Crippen LogP) is 3.94. The molecule has 172 valence electrons. The molecule has 2 aromatic heterocycles. The van der Waals surface area contributed by atoms with Crippen molar-refractivity contribution in [3.8, 4) is 0 Å². The summed E-state index contributed by atoms with van der Waals surface area (Å²) < 4.78 is 13.8. The molecule has 3 aromatic rings. The Morgan fingerprint density at radius 2 is 2.00 bits per heavy atom. The molecule has 0 bridgehead atoms. The standard InChI is InChI=1S/C25H26ClFN4O2/c1-31(15-19-3-2-12-28-24(19)27)25(33)17-6-4-16(5-7-17)13-20-9-10-21(30-20)23(32)18-8-11-22(26)29-14-18/h2-8,11-12,14,20-21,23,30,32H,9-10,13,15H2,1H3. The highest BCUT2D eigenvalue weighted by molar-refractivity contribution is 6.29. The van der Waals surface area contributed by atoms with E-state index in [1.54, 1.807) is 49.6 Å². The van der Waals surface area contributed by atoms with Gasteiger partial charge < -0.3 is 15.3 Å². The van der Waals surface area contributed by atoms with Crippen molar-refractivity contribution in [2.45, 2.75) is 44.0 Å². The van der Waals surface area contributed by atoms with Gasteiger partial charge in [0, 0.05) is 48.2 Å². The number of halogens is 2. The fraction of sp³-hybridized carbons (Fsp3) is 0.320. The normalized spacial score (nSPS) is 18.8. The number of hydrogen-bond acceptors (Lipinski definition) is 5. The van der Waals surface area contributed by atoms with Gasteiger partial charge in [-0.1, -0.05) is 35.9 Å². The molecule has 0 saturated carbocycles. The van der Waals surface area contributed by atoms with Gasteiger partial charge in [0.25, 0.3) is 5.91 Å². The lowest BCUT2D eigenvalue weighted by atomic mass is 10.0. The van der Waals surface area contributed by atoms with Gasteiger partial charge in [0.05, 0.1) is 12.6 Å². The first-order valence-electron chi connectivity index (χ1n) is 10.9. The van der Waals surface area contributed by atoms with Crippen LogP contribution in [0.15, 0.2) is 60.9 Å². The summed E-state index contributed by atoms with van der Waals surface area (Å²) in [7, 11) is 1.65. The van der Waals surface area contributed by atoms with E-state index in [1.807, 2.05) is 12.1 Å². The highest BCUT2D eigenvalue weighted by Crippen LogP contribution is 2.27. The van der Waals surface area contributed by atoms with Gasteiger partial charge in [0.2, 0.25) is 5.95 Å². The first kappa shape index (κ1) is 23.3. The zero-order chi connectivity index (χ0) is 23.4. The molecule has 0 aliphatic carbocycles. The lowest BCUT2D eigenvalue weighted by Crippen LogP contribution is -2.35. The molecule has 2 N–H and O–H groups in total. The maximum Gasteiger partial charge on any atom is 0.253 e. The number of hydrogen-bond donors (Lipinski definition) is 2. The van der Waals surface area contributed by atoms with Gasteiger partial charge in [0.1, 0.15) is 5.15 Å². The molecule has 4 rings (SSSR count). The average molecular weight is 469 g/mol. The molecule has 1 saturated heterocycles. The first-order chi connectivity index (χ1) is 15.9. The SMILES string of the molecule is CN(Cc1cccnc1F)C(=O)c1ccc(CC2CCC(C(O)c3ccc(Cl)nc3)N2)cc1. The smallest absolute Gasteiger partial charge is 0.253 e. The molecule has 1 aliphatic rings. The molecular weight excluding hydrogens is 443 g/mol. The van der Waals surface area contributed by atoms with E-state index in [1.165, 1.54) is 11.1 Å². The summed E-state index contributed by atoms with van der Waals surface area (Å²) in [4.78, 5) is 21.9. The number of carbonyl (C=O) groups excluding carboxylic acids is 1. The van der Waals surface area contributed by atoms with Crippen LogP contribution in [0.4, 0.5) is 4.39 Å². The molecule has 6 nitrogen and oxygen atoms in total. The van der Waals surface area contributed by atoms with Crippen LogP contribution in [0.25, 0.3) is 0 Å². The summed E-state index contributed by atoms with van der Waals surface area (Å²) in [6, 6.07) is 14.4. The van der Waals surface area contributed by atoms with E-state index in [9.17, 15) is 14.3 Å². The minimum atomic E-state index is -0.639. The number of rotatable bonds is 7. The maximum atomic E-state index is 13.8. The predicted molar refractivity (Wildman–Crippen MR) is 124 cm³/mol. The topological polar surface area (TPSA) is 78.4 Å². The van der Waals surface area contributed by atoms with E-state index < -0.39 is 12.1 Å². The number of carbonyl (C=O) groups is 1. The average Bonchev–Trinajstić information content (AvgIpc) is 3.29. The Morgan fingerprint density at radius 1 is 1.21 bits per heavy atom. The molecule has 3 heterocycles. The third kappa shape index (κ3) is 5.74. The number of amides is 1. The van der Waals surface area contributed by atoms with E-state index in [-0.39, 0.29) is 24.5 Å². The summed E-state index contributed by atoms with van der Waals surface area (Å²) >= 11 is 5.83. The maximum absolute atomic E-state index is 13.8. The molecule has 3 atom stereocenters. The van der Waals surface area contributed by atoms with Crippen LogP contribution in [0.1, 0.15) is 46.0 Å². The quantitative estimate of drug-likeness (QED) is 0.513. The zero-order valence-corrected chi connectivity index (χ0v) is 19.0. The highest BCUT2D eigenvalue weighted by atomic mass is 35.5. The van der Waals surface area contributed by atoms with Gasteiger partial charge in [-0.2, -0.15) is 4.39 Å². The van der Waals surface area contributed by atoms with Gasteiger partial charge in [-0.25, -0.2) is 9.97 Å². The number of aliphatic hydroxyl groups is 1. The summed E-state index contributed by atoms with van der Waals surface area (Å²) in [5.74, 6) is -0.740. The molecule has 1 aliphatic heterocycles. The molecule has 8 heteroatoms. The van der Waals surface area contributed by atoms with Crippen LogP contribution in [-0.2, 0) is 13.0 Å². The largest absolute Gasteiger partial charge is 0.387 e. The van der Waals surface area contributed by atoms with Crippen LogP contribution < -0.4 is 5.32 Å². The van der Waals surface area contributed by atoms with Crippen LogP contribution in [0, 0.1) is 5.95 Å². The summed E-state index contributed by atoms with van der Waals surface area (Å²) in [6.45, 7) is 0.152. The Bertz CT molecular complexity index is 1090. The van der Waals surface area contributed by atoms with Crippen LogP contribution in [0.3, 0.4) is 0 Å². The summed E-state index contributed by atoms with van der Waals surface area (Å²) in [5, 5.41) is 14.6. The van der Waals surface area contributed by atoms with E-state index in [0.29, 0.717) is 16.3 Å². The number of benzene rings is 1. The third-order valence-corrected chi connectivity index (χ3v) is 6.25. The molecule has 1 amide bonds. The van der Waals surface area contributed by atoms with Crippen LogP contribution in [0.5, 0.6) is 0 Å². The van der Waals surface area contributed by atoms with Crippen molar-refractivity contribution in [1.29, 1.82) is 0 Å². The Morgan fingerprint density at radius 3 is 2.70 bits per heavy atom. The van der Waals surface area contributed by atoms with Crippen molar-refractivity contribution in [1.82, 2.24) is 20.2 Å². The number of nitrogens with zero attached hydrogens (tertiary/aromatic N) is 3. The van der Waals surface area contributed by atoms with Gasteiger partial charge in [-0.3, -0.25) is 4.79 Å². The van der Waals surface area contributed by atoms with E-state index in [2.05, 4.69) is 15.3 Å². The van der Waals surface area contributed by atoms with Crippen molar-refractivity contribution in [2.75, 3.05) is 7.05 Å². The number of aliphatic hydroxyl groups excluding tert-OH is 1. The highest BCUT2D eigenvalue weighted by Gasteiger charge is 2.30. The lowest BCUT2D eigenvalue weighted by molar-refractivity contribution is 0.0783. The minimum Gasteiger partial charge on any atom is -0.387 e. The second-order valence-electron chi connectivity index (χ2n) is 8.42. The van der Waals surface area contributed by atoms with Gasteiger partial charge in [-0.15, -0.1) is 0 Å². The van der Waals surface area contributed by atoms with Crippen LogP contribution >= 0.6 is 11.6 Å². The molecular formula is C25H26ClFN4O2. The Kier molecular flexibility index (Phi) is 7.33. The number of nitrogens with one attached hydrogen (secondary N) is 1. The van der Waals surface area contributed by atoms with Gasteiger partial charge in [0.15, 0.2) is 0 Å². The Labute approximate surface area is 197 Å². The fourth-order valence-corrected chi connectivity index (χ4v) is 4.32. The molecule has 33 heavy (non-hydrogen) atoms. The van der Waals surface area contributed by atoms with Crippen molar-refractivity contribution in [2.24, 2.45) is 0 Å². The van der Waals surface area contributed by atoms with Crippen molar-refractivity contribution in [3.05, 3.63) is 94.3 Å². The van der Waals surface area contributed by atoms with Crippen molar-refractivity contribution in [3.63, 3.8) is 0 Å². The summed E-state index contributed by atoms with van der Waals surface area (Å²) in [5.41, 5.74) is 2.78. The minimum absolute atomic E-state index is 0.0413. The van der Waals surface area contributed by atoms with E-state index in [4.69, 9.17) is 11.6 Å². The Hall–Kier alpha value is -2.87. The van der Waals surface area contributed by atoms with Gasteiger partial charge >= 0.3 is 0 Å². The monoisotopic (exact) mass is 468 g/mol. The molecule has 1 fully saturated rings. The van der Waals surface area contributed by atoms with Crippen LogP contribution in [-0.4, -0.2) is 45.0 Å². The molecule has 0 radical (unpaired) electrons. The zero-order valence-electron chi connectivity index (χ0n) is 18.3. The van der Waals surface area contributed by atoms with E-state index in [0.717, 1.165) is 30.4 Å².